The fraction of sp³-hybridized carbons (Fsp3) is 0.500. The summed E-state index contributed by atoms with van der Waals surface area (Å²) in [4.78, 5) is 41.8. The fourth-order valence-corrected chi connectivity index (χ4v) is 3.94. The minimum absolute atomic E-state index is 0.0342. The third-order valence-corrected chi connectivity index (χ3v) is 5.12. The second-order valence-corrected chi connectivity index (χ2v) is 6.98. The first-order valence-corrected chi connectivity index (χ1v) is 8.41. The summed E-state index contributed by atoms with van der Waals surface area (Å²) >= 11 is 0. The number of epoxide rings is 1. The van der Waals surface area contributed by atoms with Crippen LogP contribution in [0.3, 0.4) is 0 Å². The summed E-state index contributed by atoms with van der Waals surface area (Å²) in [5, 5.41) is 0. The Morgan fingerprint density at radius 3 is 2.58 bits per heavy atom. The molecule has 1 spiro atoms. The number of benzene rings is 1. The number of carbonyl (C=O) groups is 3. The first kappa shape index (κ1) is 15.3. The van der Waals surface area contributed by atoms with Crippen molar-refractivity contribution >= 4 is 17.7 Å². The van der Waals surface area contributed by atoms with Gasteiger partial charge in [0.1, 0.15) is 12.1 Å². The van der Waals surface area contributed by atoms with E-state index >= 15 is 0 Å². The summed E-state index contributed by atoms with van der Waals surface area (Å²) in [6.45, 7) is 4.41. The smallest absolute Gasteiger partial charge is 0.280 e. The van der Waals surface area contributed by atoms with E-state index < -0.39 is 23.8 Å². The standard InChI is InChI=1S/C18H20N2O4/c1-11(2)14-18(24-14)17(23)19-10-6-9-13(19)16(22)20(18)15(21)12-7-4-3-5-8-12/h3-5,7-8,11,13-14H,6,9-10H2,1-2H3/t13-,14-,18+/m0/s1. The molecule has 6 heteroatoms. The lowest BCUT2D eigenvalue weighted by Crippen LogP contribution is -2.67. The molecule has 0 N–H and O–H groups in total. The van der Waals surface area contributed by atoms with E-state index in [-0.39, 0.29) is 17.7 Å². The van der Waals surface area contributed by atoms with Gasteiger partial charge in [-0.15, -0.1) is 0 Å². The Labute approximate surface area is 140 Å². The number of hydrogen-bond donors (Lipinski definition) is 0. The molecular formula is C18H20N2O4. The van der Waals surface area contributed by atoms with Crippen molar-refractivity contribution in [1.29, 1.82) is 0 Å². The van der Waals surface area contributed by atoms with Gasteiger partial charge in [0.2, 0.25) is 0 Å². The van der Waals surface area contributed by atoms with Crippen LogP contribution in [0.2, 0.25) is 0 Å². The first-order valence-electron chi connectivity index (χ1n) is 8.41. The van der Waals surface area contributed by atoms with Gasteiger partial charge in [0, 0.05) is 12.1 Å². The quantitative estimate of drug-likeness (QED) is 0.608. The van der Waals surface area contributed by atoms with E-state index in [1.807, 2.05) is 13.8 Å². The average Bonchev–Trinajstić information content (AvgIpc) is 3.12. The number of ether oxygens (including phenoxy) is 1. The van der Waals surface area contributed by atoms with Crippen LogP contribution < -0.4 is 0 Å². The fourth-order valence-electron chi connectivity index (χ4n) is 3.94. The molecule has 0 radical (unpaired) electrons. The van der Waals surface area contributed by atoms with Gasteiger partial charge in [-0.05, 0) is 30.9 Å². The Hall–Kier alpha value is -2.21. The summed E-state index contributed by atoms with van der Waals surface area (Å²) in [6.07, 6.45) is 0.937. The molecule has 0 unspecified atom stereocenters. The minimum Gasteiger partial charge on any atom is -0.335 e. The Kier molecular flexibility index (Phi) is 3.28. The topological polar surface area (TPSA) is 70.2 Å². The molecule has 0 aliphatic carbocycles. The number of nitrogens with zero attached hydrogens (tertiary/aromatic N) is 2. The lowest BCUT2D eigenvalue weighted by atomic mass is 9.96. The molecule has 0 saturated carbocycles. The predicted molar refractivity (Wildman–Crippen MR) is 84.8 cm³/mol. The highest BCUT2D eigenvalue weighted by Gasteiger charge is 2.75. The Morgan fingerprint density at radius 2 is 1.96 bits per heavy atom. The van der Waals surface area contributed by atoms with Crippen LogP contribution in [0, 0.1) is 5.92 Å². The molecule has 3 amide bonds. The van der Waals surface area contributed by atoms with Gasteiger partial charge in [-0.25, -0.2) is 4.90 Å². The maximum absolute atomic E-state index is 13.1. The van der Waals surface area contributed by atoms with E-state index in [2.05, 4.69) is 0 Å². The largest absolute Gasteiger partial charge is 0.335 e. The zero-order chi connectivity index (χ0) is 17.1. The van der Waals surface area contributed by atoms with Crippen LogP contribution in [-0.2, 0) is 14.3 Å². The molecule has 0 bridgehead atoms. The van der Waals surface area contributed by atoms with E-state index in [4.69, 9.17) is 4.74 Å². The van der Waals surface area contributed by atoms with Crippen LogP contribution >= 0.6 is 0 Å². The lowest BCUT2D eigenvalue weighted by molar-refractivity contribution is -0.163. The monoisotopic (exact) mass is 328 g/mol. The molecule has 6 nitrogen and oxygen atoms in total. The van der Waals surface area contributed by atoms with Crippen molar-refractivity contribution < 1.29 is 19.1 Å². The number of hydrogen-bond acceptors (Lipinski definition) is 4. The second kappa shape index (κ2) is 5.14. The summed E-state index contributed by atoms with van der Waals surface area (Å²) in [5.41, 5.74) is -1.05. The summed E-state index contributed by atoms with van der Waals surface area (Å²) in [5.74, 6) is -0.979. The number of rotatable bonds is 2. The molecule has 24 heavy (non-hydrogen) atoms. The van der Waals surface area contributed by atoms with Crippen LogP contribution in [0.4, 0.5) is 0 Å². The predicted octanol–water partition coefficient (Wildman–Crippen LogP) is 1.41. The molecule has 3 aliphatic rings. The SMILES string of the molecule is CC(C)[C@@H]1O[C@@]12C(=O)N1CCC[C@H]1C(=O)N2C(=O)c1ccccc1. The maximum Gasteiger partial charge on any atom is 0.280 e. The Balaban J connectivity index is 1.78. The van der Waals surface area contributed by atoms with Gasteiger partial charge in [-0.3, -0.25) is 14.4 Å². The lowest BCUT2D eigenvalue weighted by Gasteiger charge is -2.40. The highest BCUT2D eigenvalue weighted by Crippen LogP contribution is 2.50. The van der Waals surface area contributed by atoms with Crippen LogP contribution in [0.25, 0.3) is 0 Å². The van der Waals surface area contributed by atoms with Crippen molar-refractivity contribution in [2.75, 3.05) is 6.54 Å². The van der Waals surface area contributed by atoms with E-state index in [1.54, 1.807) is 35.2 Å². The Bertz CT molecular complexity index is 717. The molecule has 1 aromatic carbocycles. The zero-order valence-corrected chi connectivity index (χ0v) is 13.8. The molecule has 3 saturated heterocycles. The highest BCUT2D eigenvalue weighted by molar-refractivity contribution is 6.14. The van der Waals surface area contributed by atoms with Gasteiger partial charge in [-0.2, -0.15) is 0 Å². The van der Waals surface area contributed by atoms with E-state index in [0.29, 0.717) is 18.5 Å². The summed E-state index contributed by atoms with van der Waals surface area (Å²) in [7, 11) is 0. The Morgan fingerprint density at radius 1 is 1.25 bits per heavy atom. The molecule has 3 atom stereocenters. The van der Waals surface area contributed by atoms with Gasteiger partial charge in [0.15, 0.2) is 0 Å². The second-order valence-electron chi connectivity index (χ2n) is 6.98. The maximum atomic E-state index is 13.1. The average molecular weight is 328 g/mol. The third-order valence-electron chi connectivity index (χ3n) is 5.12. The summed E-state index contributed by atoms with van der Waals surface area (Å²) in [6, 6.07) is 8.06. The van der Waals surface area contributed by atoms with Crippen molar-refractivity contribution in [2.24, 2.45) is 5.92 Å². The molecule has 3 fully saturated rings. The van der Waals surface area contributed by atoms with Crippen LogP contribution in [0.5, 0.6) is 0 Å². The van der Waals surface area contributed by atoms with Gasteiger partial charge >= 0.3 is 0 Å². The van der Waals surface area contributed by atoms with Crippen molar-refractivity contribution in [3.8, 4) is 0 Å². The van der Waals surface area contributed by atoms with Gasteiger partial charge in [0.25, 0.3) is 23.4 Å². The van der Waals surface area contributed by atoms with E-state index in [9.17, 15) is 14.4 Å². The minimum atomic E-state index is -1.45. The van der Waals surface area contributed by atoms with Gasteiger partial charge in [-0.1, -0.05) is 32.0 Å². The van der Waals surface area contributed by atoms with Crippen LogP contribution in [0.15, 0.2) is 30.3 Å². The van der Waals surface area contributed by atoms with Crippen molar-refractivity contribution in [3.63, 3.8) is 0 Å². The van der Waals surface area contributed by atoms with Crippen molar-refractivity contribution in [3.05, 3.63) is 35.9 Å². The number of imide groups is 1. The van der Waals surface area contributed by atoms with Gasteiger partial charge in [0.05, 0.1) is 0 Å². The van der Waals surface area contributed by atoms with Crippen LogP contribution in [-0.4, -0.2) is 51.9 Å². The van der Waals surface area contributed by atoms with Crippen LogP contribution in [0.1, 0.15) is 37.0 Å². The molecule has 3 aliphatic heterocycles. The van der Waals surface area contributed by atoms with Crippen molar-refractivity contribution in [1.82, 2.24) is 9.80 Å². The number of carbonyl (C=O) groups excluding carboxylic acids is 3. The first-order chi connectivity index (χ1) is 11.5. The number of amides is 3. The molecule has 4 rings (SSSR count). The third kappa shape index (κ3) is 1.89. The molecule has 1 aromatic rings. The van der Waals surface area contributed by atoms with Crippen molar-refractivity contribution in [2.45, 2.75) is 44.6 Å². The highest BCUT2D eigenvalue weighted by atomic mass is 16.6. The molecule has 126 valence electrons. The normalized spacial score (nSPS) is 31.8. The summed E-state index contributed by atoms with van der Waals surface area (Å²) < 4.78 is 5.75. The number of piperazine rings is 1. The number of fused-ring (bicyclic) bond motifs is 1. The zero-order valence-electron chi connectivity index (χ0n) is 13.8. The van der Waals surface area contributed by atoms with Gasteiger partial charge < -0.3 is 9.64 Å². The van der Waals surface area contributed by atoms with E-state index in [1.165, 1.54) is 0 Å². The van der Waals surface area contributed by atoms with E-state index in [0.717, 1.165) is 11.3 Å². The molecule has 3 heterocycles. The molecular weight excluding hydrogens is 308 g/mol. The molecule has 0 aromatic heterocycles.